The number of rotatable bonds is 4. The third kappa shape index (κ3) is 3.57. The molecule has 0 aromatic carbocycles. The van der Waals surface area contributed by atoms with E-state index >= 15 is 0 Å². The molecule has 88 valence electrons. The van der Waals surface area contributed by atoms with Gasteiger partial charge < -0.3 is 10.6 Å². The van der Waals surface area contributed by atoms with Gasteiger partial charge in [-0.25, -0.2) is 0 Å². The number of hydrogen-bond acceptors (Lipinski definition) is 4. The Kier molecular flexibility index (Phi) is 4.30. The highest BCUT2D eigenvalue weighted by atomic mass is 32.1. The van der Waals surface area contributed by atoms with Gasteiger partial charge in [0, 0.05) is 17.5 Å². The van der Waals surface area contributed by atoms with Crippen LogP contribution in [0, 0.1) is 5.92 Å². The highest BCUT2D eigenvalue weighted by Crippen LogP contribution is 2.15. The highest BCUT2D eigenvalue weighted by molar-refractivity contribution is 7.09. The van der Waals surface area contributed by atoms with Gasteiger partial charge in [-0.3, -0.25) is 9.78 Å². The van der Waals surface area contributed by atoms with Crippen LogP contribution in [0.5, 0.6) is 0 Å². The van der Waals surface area contributed by atoms with E-state index in [0.29, 0.717) is 18.9 Å². The molecule has 1 aliphatic heterocycles. The molecule has 1 fully saturated rings. The van der Waals surface area contributed by atoms with E-state index in [1.165, 1.54) is 0 Å². The van der Waals surface area contributed by atoms with Gasteiger partial charge in [-0.05, 0) is 31.8 Å². The van der Waals surface area contributed by atoms with Crippen LogP contribution in [0.3, 0.4) is 0 Å². The van der Waals surface area contributed by atoms with Crippen molar-refractivity contribution in [3.63, 3.8) is 0 Å². The van der Waals surface area contributed by atoms with Crippen molar-refractivity contribution in [2.75, 3.05) is 13.1 Å². The van der Waals surface area contributed by atoms with Gasteiger partial charge in [0.2, 0.25) is 5.91 Å². The fourth-order valence-electron chi connectivity index (χ4n) is 1.94. The average Bonchev–Trinajstić information content (AvgIpc) is 2.81. The van der Waals surface area contributed by atoms with Gasteiger partial charge in [-0.15, -0.1) is 11.3 Å². The predicted molar refractivity (Wildman–Crippen MR) is 64.2 cm³/mol. The van der Waals surface area contributed by atoms with E-state index in [2.05, 4.69) is 15.6 Å². The average molecular weight is 239 g/mol. The Balaban J connectivity index is 1.67. The van der Waals surface area contributed by atoms with E-state index in [1.54, 1.807) is 23.0 Å². The molecule has 1 aromatic heterocycles. The third-order valence-electron chi connectivity index (χ3n) is 2.88. The number of amides is 1. The van der Waals surface area contributed by atoms with Crippen LogP contribution in [0.15, 0.2) is 11.7 Å². The number of carbonyl (C=O) groups excluding carboxylic acids is 1. The first-order valence-corrected chi connectivity index (χ1v) is 6.57. The lowest BCUT2D eigenvalue weighted by molar-refractivity contribution is -0.122. The van der Waals surface area contributed by atoms with Crippen LogP contribution in [0.2, 0.25) is 0 Å². The molecule has 0 radical (unpaired) electrons. The maximum Gasteiger partial charge on any atom is 0.220 e. The minimum Gasteiger partial charge on any atom is -0.351 e. The molecule has 0 saturated carbocycles. The Bertz CT molecular complexity index is 320. The van der Waals surface area contributed by atoms with Gasteiger partial charge in [0.05, 0.1) is 12.1 Å². The topological polar surface area (TPSA) is 54.0 Å². The summed E-state index contributed by atoms with van der Waals surface area (Å²) in [6, 6.07) is 0. The van der Waals surface area contributed by atoms with Gasteiger partial charge >= 0.3 is 0 Å². The minimum absolute atomic E-state index is 0.167. The van der Waals surface area contributed by atoms with Crippen molar-refractivity contribution in [3.05, 3.63) is 16.6 Å². The van der Waals surface area contributed by atoms with Crippen molar-refractivity contribution in [2.24, 2.45) is 5.92 Å². The van der Waals surface area contributed by atoms with Crippen molar-refractivity contribution < 1.29 is 4.79 Å². The largest absolute Gasteiger partial charge is 0.351 e. The molecule has 0 spiro atoms. The van der Waals surface area contributed by atoms with E-state index in [9.17, 15) is 4.79 Å². The van der Waals surface area contributed by atoms with Gasteiger partial charge in [-0.1, -0.05) is 0 Å². The number of aromatic nitrogens is 1. The van der Waals surface area contributed by atoms with Crippen LogP contribution in [0.25, 0.3) is 0 Å². The second kappa shape index (κ2) is 5.96. The van der Waals surface area contributed by atoms with Crippen LogP contribution >= 0.6 is 11.3 Å². The fourth-order valence-corrected chi connectivity index (χ4v) is 2.47. The molecule has 2 N–H and O–H groups in total. The number of thiazole rings is 1. The monoisotopic (exact) mass is 239 g/mol. The van der Waals surface area contributed by atoms with Crippen LogP contribution < -0.4 is 10.6 Å². The Morgan fingerprint density at radius 3 is 3.06 bits per heavy atom. The molecule has 0 unspecified atom stereocenters. The lowest BCUT2D eigenvalue weighted by atomic mass is 9.94. The van der Waals surface area contributed by atoms with Crippen LogP contribution in [-0.4, -0.2) is 24.0 Å². The summed E-state index contributed by atoms with van der Waals surface area (Å²) < 4.78 is 0. The molecule has 0 atom stereocenters. The zero-order chi connectivity index (χ0) is 11.2. The molecule has 1 aromatic rings. The van der Waals surface area contributed by atoms with E-state index in [-0.39, 0.29) is 5.91 Å². The lowest BCUT2D eigenvalue weighted by Gasteiger charge is -2.21. The lowest BCUT2D eigenvalue weighted by Crippen LogP contribution is -2.32. The molecule has 2 heterocycles. The van der Waals surface area contributed by atoms with E-state index in [0.717, 1.165) is 30.8 Å². The smallest absolute Gasteiger partial charge is 0.220 e. The Hall–Kier alpha value is -0.940. The van der Waals surface area contributed by atoms with Gasteiger partial charge in [0.25, 0.3) is 0 Å². The zero-order valence-electron chi connectivity index (χ0n) is 9.24. The number of nitrogens with zero attached hydrogens (tertiary/aromatic N) is 1. The molecular formula is C11H17N3OS. The highest BCUT2D eigenvalue weighted by Gasteiger charge is 2.16. The summed E-state index contributed by atoms with van der Waals surface area (Å²) in [5, 5.41) is 6.25. The zero-order valence-corrected chi connectivity index (χ0v) is 10.1. The Labute approximate surface area is 99.5 Å². The van der Waals surface area contributed by atoms with Crippen molar-refractivity contribution in [1.29, 1.82) is 0 Å². The molecule has 2 rings (SSSR count). The van der Waals surface area contributed by atoms with Crippen molar-refractivity contribution >= 4 is 17.2 Å². The van der Waals surface area contributed by atoms with Crippen LogP contribution in [0.4, 0.5) is 0 Å². The van der Waals surface area contributed by atoms with Crippen molar-refractivity contribution in [2.45, 2.75) is 25.8 Å². The maximum atomic E-state index is 11.7. The standard InChI is InChI=1S/C11H17N3OS/c15-11(5-9-1-3-12-4-2-9)14-7-10-6-13-8-16-10/h6,8-9,12H,1-5,7H2,(H,14,15). The molecule has 1 saturated heterocycles. The molecule has 16 heavy (non-hydrogen) atoms. The fraction of sp³-hybridized carbons (Fsp3) is 0.636. The summed E-state index contributed by atoms with van der Waals surface area (Å²) in [6.45, 7) is 2.72. The number of nitrogens with one attached hydrogen (secondary N) is 2. The molecule has 1 aliphatic rings. The summed E-state index contributed by atoms with van der Waals surface area (Å²) in [6.07, 6.45) is 4.71. The number of piperidine rings is 1. The Morgan fingerprint density at radius 1 is 1.56 bits per heavy atom. The summed E-state index contributed by atoms with van der Waals surface area (Å²) in [5.41, 5.74) is 1.79. The van der Waals surface area contributed by atoms with E-state index < -0.39 is 0 Å². The second-order valence-electron chi connectivity index (χ2n) is 4.14. The molecular weight excluding hydrogens is 222 g/mol. The minimum atomic E-state index is 0.167. The van der Waals surface area contributed by atoms with Gasteiger partial charge in [0.1, 0.15) is 0 Å². The maximum absolute atomic E-state index is 11.7. The quantitative estimate of drug-likeness (QED) is 0.828. The van der Waals surface area contributed by atoms with Crippen molar-refractivity contribution in [1.82, 2.24) is 15.6 Å². The first-order valence-electron chi connectivity index (χ1n) is 5.69. The van der Waals surface area contributed by atoms with Gasteiger partial charge in [0.15, 0.2) is 0 Å². The van der Waals surface area contributed by atoms with Gasteiger partial charge in [-0.2, -0.15) is 0 Å². The summed E-state index contributed by atoms with van der Waals surface area (Å²) in [7, 11) is 0. The molecule has 0 bridgehead atoms. The van der Waals surface area contributed by atoms with Crippen LogP contribution in [-0.2, 0) is 11.3 Å². The predicted octanol–water partition coefficient (Wildman–Crippen LogP) is 1.15. The molecule has 0 aliphatic carbocycles. The Morgan fingerprint density at radius 2 is 2.38 bits per heavy atom. The van der Waals surface area contributed by atoms with E-state index in [4.69, 9.17) is 0 Å². The van der Waals surface area contributed by atoms with E-state index in [1.807, 2.05) is 0 Å². The number of carbonyl (C=O) groups is 1. The molecule has 5 heteroatoms. The molecule has 1 amide bonds. The molecule has 4 nitrogen and oxygen atoms in total. The van der Waals surface area contributed by atoms with Crippen LogP contribution in [0.1, 0.15) is 24.1 Å². The normalized spacial score (nSPS) is 17.2. The summed E-state index contributed by atoms with van der Waals surface area (Å²) in [5.74, 6) is 0.725. The summed E-state index contributed by atoms with van der Waals surface area (Å²) in [4.78, 5) is 16.7. The first-order chi connectivity index (χ1) is 7.84. The first kappa shape index (κ1) is 11.5. The summed E-state index contributed by atoms with van der Waals surface area (Å²) >= 11 is 1.58. The SMILES string of the molecule is O=C(CC1CCNCC1)NCc1cncs1. The van der Waals surface area contributed by atoms with Crippen molar-refractivity contribution in [3.8, 4) is 0 Å². The third-order valence-corrected chi connectivity index (χ3v) is 3.66. The second-order valence-corrected chi connectivity index (χ2v) is 5.11. The number of hydrogen-bond donors (Lipinski definition) is 2.